The molecule has 0 saturated carbocycles. The second kappa shape index (κ2) is 5.56. The summed E-state index contributed by atoms with van der Waals surface area (Å²) in [4.78, 5) is 8.42. The van der Waals surface area contributed by atoms with Crippen molar-refractivity contribution in [3.63, 3.8) is 0 Å². The molecule has 5 heteroatoms. The van der Waals surface area contributed by atoms with Crippen LogP contribution in [-0.4, -0.2) is 24.1 Å². The van der Waals surface area contributed by atoms with Crippen LogP contribution in [0, 0.1) is 13.8 Å². The summed E-state index contributed by atoms with van der Waals surface area (Å²) in [6.45, 7) is 3.99. The van der Waals surface area contributed by atoms with Gasteiger partial charge in [-0.3, -0.25) is 0 Å². The zero-order chi connectivity index (χ0) is 13.8. The average Bonchev–Trinajstić information content (AvgIpc) is 2.41. The second-order valence-corrected chi connectivity index (χ2v) is 4.26. The van der Waals surface area contributed by atoms with Gasteiger partial charge in [0.1, 0.15) is 23.7 Å². The van der Waals surface area contributed by atoms with Crippen LogP contribution in [0.15, 0.2) is 24.5 Å². The molecule has 1 aromatic heterocycles. The number of benzene rings is 1. The minimum absolute atomic E-state index is 0.795. The molecule has 5 nitrogen and oxygen atoms in total. The number of aromatic nitrogens is 2. The number of anilines is 3. The van der Waals surface area contributed by atoms with Crippen LogP contribution in [0.5, 0.6) is 5.75 Å². The highest BCUT2D eigenvalue weighted by molar-refractivity contribution is 5.65. The molecule has 0 amide bonds. The Balaban J connectivity index is 2.29. The van der Waals surface area contributed by atoms with Crippen LogP contribution in [0.3, 0.4) is 0 Å². The summed E-state index contributed by atoms with van der Waals surface area (Å²) in [5.41, 5.74) is 3.04. The molecule has 1 heterocycles. The molecule has 0 aliphatic heterocycles. The molecule has 0 radical (unpaired) electrons. The van der Waals surface area contributed by atoms with Gasteiger partial charge in [0.05, 0.1) is 7.11 Å². The lowest BCUT2D eigenvalue weighted by molar-refractivity contribution is 0.412. The molecule has 2 rings (SSSR count). The quantitative estimate of drug-likeness (QED) is 0.883. The number of nitrogens with one attached hydrogen (secondary N) is 2. The Hall–Kier alpha value is -2.30. The number of nitrogens with zero attached hydrogens (tertiary/aromatic N) is 2. The van der Waals surface area contributed by atoms with Crippen molar-refractivity contribution in [2.45, 2.75) is 13.8 Å². The van der Waals surface area contributed by atoms with E-state index in [9.17, 15) is 0 Å². The average molecular weight is 258 g/mol. The molecule has 1 aromatic carbocycles. The van der Waals surface area contributed by atoms with Crippen molar-refractivity contribution in [2.75, 3.05) is 24.8 Å². The van der Waals surface area contributed by atoms with Crippen LogP contribution in [0.25, 0.3) is 0 Å². The second-order valence-electron chi connectivity index (χ2n) is 4.26. The van der Waals surface area contributed by atoms with E-state index in [0.29, 0.717) is 0 Å². The van der Waals surface area contributed by atoms with Crippen LogP contribution in [0.1, 0.15) is 11.1 Å². The number of methoxy groups -OCH3 is 1. The molecule has 0 unspecified atom stereocenters. The van der Waals surface area contributed by atoms with Crippen molar-refractivity contribution in [3.05, 3.63) is 35.7 Å². The standard InChI is InChI=1S/C14H18N4O/c1-9-7-11(5-6-12(9)19-4)18-14-10(2)13(15-3)16-8-17-14/h5-8H,1-4H3,(H2,15,16,17,18). The molecule has 0 aliphatic rings. The Morgan fingerprint density at radius 3 is 2.47 bits per heavy atom. The predicted octanol–water partition coefficient (Wildman–Crippen LogP) is 2.89. The summed E-state index contributed by atoms with van der Waals surface area (Å²) in [6, 6.07) is 5.93. The van der Waals surface area contributed by atoms with Crippen LogP contribution in [-0.2, 0) is 0 Å². The summed E-state index contributed by atoms with van der Waals surface area (Å²) >= 11 is 0. The highest BCUT2D eigenvalue weighted by Gasteiger charge is 2.06. The van der Waals surface area contributed by atoms with Gasteiger partial charge in [0.15, 0.2) is 0 Å². The van der Waals surface area contributed by atoms with E-state index < -0.39 is 0 Å². The largest absolute Gasteiger partial charge is 0.496 e. The van der Waals surface area contributed by atoms with E-state index in [4.69, 9.17) is 4.74 Å². The lowest BCUT2D eigenvalue weighted by Gasteiger charge is -2.12. The van der Waals surface area contributed by atoms with Gasteiger partial charge < -0.3 is 15.4 Å². The topological polar surface area (TPSA) is 59.1 Å². The molecule has 0 aliphatic carbocycles. The smallest absolute Gasteiger partial charge is 0.138 e. The van der Waals surface area contributed by atoms with Crippen molar-refractivity contribution in [1.82, 2.24) is 9.97 Å². The third-order valence-corrected chi connectivity index (χ3v) is 2.98. The Labute approximate surface area is 113 Å². The molecule has 2 N–H and O–H groups in total. The van der Waals surface area contributed by atoms with Gasteiger partial charge in [0.25, 0.3) is 0 Å². The first-order chi connectivity index (χ1) is 9.15. The number of ether oxygens (including phenoxy) is 1. The molecule has 0 spiro atoms. The zero-order valence-electron chi connectivity index (χ0n) is 11.6. The fraction of sp³-hybridized carbons (Fsp3) is 0.286. The van der Waals surface area contributed by atoms with Gasteiger partial charge in [0.2, 0.25) is 0 Å². The maximum absolute atomic E-state index is 5.25. The van der Waals surface area contributed by atoms with Gasteiger partial charge in [-0.15, -0.1) is 0 Å². The fourth-order valence-corrected chi connectivity index (χ4v) is 1.92. The van der Waals surface area contributed by atoms with E-state index in [1.165, 1.54) is 6.33 Å². The highest BCUT2D eigenvalue weighted by atomic mass is 16.5. The predicted molar refractivity (Wildman–Crippen MR) is 77.3 cm³/mol. The minimum atomic E-state index is 0.795. The number of rotatable bonds is 4. The van der Waals surface area contributed by atoms with Gasteiger partial charge in [-0.2, -0.15) is 0 Å². The van der Waals surface area contributed by atoms with Gasteiger partial charge in [-0.25, -0.2) is 9.97 Å². The molecule has 0 atom stereocenters. The summed E-state index contributed by atoms with van der Waals surface area (Å²) in [6.07, 6.45) is 1.54. The third-order valence-electron chi connectivity index (χ3n) is 2.98. The van der Waals surface area contributed by atoms with E-state index in [2.05, 4.69) is 20.6 Å². The number of aryl methyl sites for hydroxylation is 1. The van der Waals surface area contributed by atoms with Crippen LogP contribution >= 0.6 is 0 Å². The van der Waals surface area contributed by atoms with Gasteiger partial charge in [0, 0.05) is 18.3 Å². The first-order valence-corrected chi connectivity index (χ1v) is 6.06. The summed E-state index contributed by atoms with van der Waals surface area (Å²) < 4.78 is 5.25. The van der Waals surface area contributed by atoms with Gasteiger partial charge in [-0.1, -0.05) is 0 Å². The molecule has 0 saturated heterocycles. The Kier molecular flexibility index (Phi) is 3.85. The first-order valence-electron chi connectivity index (χ1n) is 6.06. The Bertz CT molecular complexity index is 584. The van der Waals surface area contributed by atoms with Crippen molar-refractivity contribution in [3.8, 4) is 5.75 Å². The van der Waals surface area contributed by atoms with Crippen molar-refractivity contribution >= 4 is 17.3 Å². The van der Waals surface area contributed by atoms with E-state index in [1.54, 1.807) is 7.11 Å². The summed E-state index contributed by atoms with van der Waals surface area (Å²) in [5.74, 6) is 2.49. The fourth-order valence-electron chi connectivity index (χ4n) is 1.92. The monoisotopic (exact) mass is 258 g/mol. The summed E-state index contributed by atoms with van der Waals surface area (Å²) in [7, 11) is 3.51. The van der Waals surface area contributed by atoms with Crippen molar-refractivity contribution in [2.24, 2.45) is 0 Å². The molecule has 0 fully saturated rings. The Morgan fingerprint density at radius 1 is 1.11 bits per heavy atom. The molecule has 0 bridgehead atoms. The molecule has 19 heavy (non-hydrogen) atoms. The molecular weight excluding hydrogens is 240 g/mol. The van der Waals surface area contributed by atoms with Gasteiger partial charge >= 0.3 is 0 Å². The Morgan fingerprint density at radius 2 is 1.84 bits per heavy atom. The first kappa shape index (κ1) is 13.1. The molecular formula is C14H18N4O. The van der Waals surface area contributed by atoms with Crippen LogP contribution < -0.4 is 15.4 Å². The number of hydrogen-bond acceptors (Lipinski definition) is 5. The van der Waals surface area contributed by atoms with Crippen molar-refractivity contribution in [1.29, 1.82) is 0 Å². The van der Waals surface area contributed by atoms with E-state index in [0.717, 1.165) is 34.2 Å². The lowest BCUT2D eigenvalue weighted by atomic mass is 10.2. The normalized spacial score (nSPS) is 10.1. The zero-order valence-corrected chi connectivity index (χ0v) is 11.6. The van der Waals surface area contributed by atoms with Crippen LogP contribution in [0.2, 0.25) is 0 Å². The van der Waals surface area contributed by atoms with Gasteiger partial charge in [-0.05, 0) is 37.6 Å². The SMILES string of the molecule is CNc1ncnc(Nc2ccc(OC)c(C)c2)c1C. The highest BCUT2D eigenvalue weighted by Crippen LogP contribution is 2.26. The third kappa shape index (κ3) is 2.76. The van der Waals surface area contributed by atoms with Crippen molar-refractivity contribution < 1.29 is 4.74 Å². The van der Waals surface area contributed by atoms with E-state index >= 15 is 0 Å². The number of hydrogen-bond donors (Lipinski definition) is 2. The summed E-state index contributed by atoms with van der Waals surface area (Å²) in [5, 5.41) is 6.33. The molecule has 2 aromatic rings. The maximum atomic E-state index is 5.25. The molecule has 100 valence electrons. The van der Waals surface area contributed by atoms with Crippen LogP contribution in [0.4, 0.5) is 17.3 Å². The maximum Gasteiger partial charge on any atom is 0.138 e. The lowest BCUT2D eigenvalue weighted by Crippen LogP contribution is -2.02. The minimum Gasteiger partial charge on any atom is -0.496 e. The van der Waals surface area contributed by atoms with E-state index in [1.807, 2.05) is 39.1 Å². The van der Waals surface area contributed by atoms with E-state index in [-0.39, 0.29) is 0 Å².